The third-order valence-electron chi connectivity index (χ3n) is 2.94. The molecule has 0 spiro atoms. The van der Waals surface area contributed by atoms with E-state index in [1.165, 1.54) is 31.2 Å². The Bertz CT molecular complexity index is 742. The van der Waals surface area contributed by atoms with Crippen LogP contribution in [0.5, 0.6) is 0 Å². The molecular formula is C14H13N3O4. The molecule has 21 heavy (non-hydrogen) atoms. The number of carbonyl (C=O) groups excluding carboxylic acids is 2. The fourth-order valence-electron chi connectivity index (χ4n) is 1.73. The van der Waals surface area contributed by atoms with Crippen LogP contribution in [0.25, 0.3) is 10.9 Å². The Hall–Kier alpha value is -2.96. The van der Waals surface area contributed by atoms with Gasteiger partial charge in [0.25, 0.3) is 5.91 Å². The summed E-state index contributed by atoms with van der Waals surface area (Å²) >= 11 is 0. The van der Waals surface area contributed by atoms with Crippen LogP contribution in [0.1, 0.15) is 27.8 Å². The minimum absolute atomic E-state index is 0.124. The molecule has 2 amide bonds. The van der Waals surface area contributed by atoms with Gasteiger partial charge in [-0.2, -0.15) is 0 Å². The number of nitrogens with one attached hydrogen (secondary N) is 1. The zero-order valence-electron chi connectivity index (χ0n) is 11.2. The Kier molecular flexibility index (Phi) is 3.84. The van der Waals surface area contributed by atoms with E-state index in [1.54, 1.807) is 6.07 Å². The van der Waals surface area contributed by atoms with Gasteiger partial charge < -0.3 is 16.2 Å². The first-order valence-electron chi connectivity index (χ1n) is 6.13. The SMILES string of the molecule is CC(NC(=O)c1ccc2cc(C(=O)O)ccc2n1)C(N)=O. The molecule has 1 heterocycles. The van der Waals surface area contributed by atoms with Gasteiger partial charge in [0.15, 0.2) is 0 Å². The molecule has 0 radical (unpaired) electrons. The number of rotatable bonds is 4. The molecule has 0 aliphatic heterocycles. The Morgan fingerprint density at radius 3 is 2.57 bits per heavy atom. The average molecular weight is 287 g/mol. The van der Waals surface area contributed by atoms with E-state index < -0.39 is 23.8 Å². The Morgan fingerprint density at radius 2 is 1.95 bits per heavy atom. The molecule has 4 N–H and O–H groups in total. The van der Waals surface area contributed by atoms with Crippen molar-refractivity contribution in [1.82, 2.24) is 10.3 Å². The lowest BCUT2D eigenvalue weighted by molar-refractivity contribution is -0.119. The van der Waals surface area contributed by atoms with Crippen LogP contribution in [0.3, 0.4) is 0 Å². The summed E-state index contributed by atoms with van der Waals surface area (Å²) in [7, 11) is 0. The number of nitrogens with two attached hydrogens (primary N) is 1. The van der Waals surface area contributed by atoms with Gasteiger partial charge in [0, 0.05) is 5.39 Å². The molecule has 1 atom stereocenters. The van der Waals surface area contributed by atoms with Crippen LogP contribution in [0.15, 0.2) is 30.3 Å². The normalized spacial score (nSPS) is 11.9. The van der Waals surface area contributed by atoms with Gasteiger partial charge in [-0.15, -0.1) is 0 Å². The van der Waals surface area contributed by atoms with E-state index in [0.29, 0.717) is 10.9 Å². The smallest absolute Gasteiger partial charge is 0.335 e. The molecule has 1 aromatic heterocycles. The van der Waals surface area contributed by atoms with Gasteiger partial charge in [0.1, 0.15) is 11.7 Å². The van der Waals surface area contributed by atoms with Crippen LogP contribution in [0.4, 0.5) is 0 Å². The van der Waals surface area contributed by atoms with Crippen molar-refractivity contribution in [3.63, 3.8) is 0 Å². The zero-order chi connectivity index (χ0) is 15.6. The summed E-state index contributed by atoms with van der Waals surface area (Å²) in [5, 5.41) is 11.9. The van der Waals surface area contributed by atoms with Crippen LogP contribution in [-0.2, 0) is 4.79 Å². The van der Waals surface area contributed by atoms with Crippen LogP contribution in [0, 0.1) is 0 Å². The minimum Gasteiger partial charge on any atom is -0.478 e. The van der Waals surface area contributed by atoms with E-state index in [2.05, 4.69) is 10.3 Å². The highest BCUT2D eigenvalue weighted by Crippen LogP contribution is 2.15. The first kappa shape index (κ1) is 14.4. The largest absolute Gasteiger partial charge is 0.478 e. The fraction of sp³-hybridized carbons (Fsp3) is 0.143. The second-order valence-electron chi connectivity index (χ2n) is 4.51. The van der Waals surface area contributed by atoms with E-state index in [0.717, 1.165) is 0 Å². The summed E-state index contributed by atoms with van der Waals surface area (Å²) in [4.78, 5) is 37.8. The third kappa shape index (κ3) is 3.14. The predicted octanol–water partition coefficient (Wildman–Crippen LogP) is 0.537. The average Bonchev–Trinajstić information content (AvgIpc) is 2.45. The number of benzene rings is 1. The van der Waals surface area contributed by atoms with Crippen molar-refractivity contribution in [3.05, 3.63) is 41.6 Å². The summed E-state index contributed by atoms with van der Waals surface area (Å²) in [6.45, 7) is 1.47. The molecule has 0 aliphatic carbocycles. The Balaban J connectivity index is 2.31. The zero-order valence-corrected chi connectivity index (χ0v) is 11.2. The first-order valence-corrected chi connectivity index (χ1v) is 6.13. The molecule has 2 rings (SSSR count). The van der Waals surface area contributed by atoms with E-state index >= 15 is 0 Å². The summed E-state index contributed by atoms with van der Waals surface area (Å²) in [5.41, 5.74) is 5.82. The van der Waals surface area contributed by atoms with E-state index in [4.69, 9.17) is 10.8 Å². The predicted molar refractivity (Wildman–Crippen MR) is 74.8 cm³/mol. The number of amides is 2. The van der Waals surface area contributed by atoms with Crippen LogP contribution in [-0.4, -0.2) is 33.9 Å². The van der Waals surface area contributed by atoms with Gasteiger partial charge in [0.05, 0.1) is 11.1 Å². The van der Waals surface area contributed by atoms with Gasteiger partial charge >= 0.3 is 5.97 Å². The number of hydrogen-bond donors (Lipinski definition) is 3. The quantitative estimate of drug-likeness (QED) is 0.757. The highest BCUT2D eigenvalue weighted by atomic mass is 16.4. The maximum Gasteiger partial charge on any atom is 0.335 e. The number of carboxylic acids is 1. The number of aromatic nitrogens is 1. The van der Waals surface area contributed by atoms with Crippen molar-refractivity contribution in [2.24, 2.45) is 5.73 Å². The van der Waals surface area contributed by atoms with Crippen LogP contribution in [0.2, 0.25) is 0 Å². The molecule has 7 heteroatoms. The van der Waals surface area contributed by atoms with E-state index in [-0.39, 0.29) is 11.3 Å². The van der Waals surface area contributed by atoms with Gasteiger partial charge in [-0.25, -0.2) is 9.78 Å². The summed E-state index contributed by atoms with van der Waals surface area (Å²) < 4.78 is 0. The standard InChI is InChI=1S/C14H13N3O4/c1-7(12(15)18)16-13(19)11-5-2-8-6-9(14(20)21)3-4-10(8)17-11/h2-7H,1H3,(H2,15,18)(H,16,19)(H,20,21). The Morgan fingerprint density at radius 1 is 1.24 bits per heavy atom. The summed E-state index contributed by atoms with van der Waals surface area (Å²) in [6, 6.07) is 6.65. The van der Waals surface area contributed by atoms with Crippen molar-refractivity contribution in [2.75, 3.05) is 0 Å². The number of aromatic carboxylic acids is 1. The minimum atomic E-state index is -1.03. The topological polar surface area (TPSA) is 122 Å². The van der Waals surface area contributed by atoms with E-state index in [9.17, 15) is 14.4 Å². The molecule has 108 valence electrons. The number of nitrogens with zero attached hydrogens (tertiary/aromatic N) is 1. The second-order valence-corrected chi connectivity index (χ2v) is 4.51. The van der Waals surface area contributed by atoms with Crippen molar-refractivity contribution in [1.29, 1.82) is 0 Å². The molecular weight excluding hydrogens is 274 g/mol. The van der Waals surface area contributed by atoms with Gasteiger partial charge in [-0.1, -0.05) is 6.07 Å². The Labute approximate surface area is 119 Å². The fourth-order valence-corrected chi connectivity index (χ4v) is 1.73. The number of carboxylic acid groups (broad SMARTS) is 1. The van der Waals surface area contributed by atoms with Crippen LogP contribution < -0.4 is 11.1 Å². The monoisotopic (exact) mass is 287 g/mol. The highest BCUT2D eigenvalue weighted by Gasteiger charge is 2.15. The molecule has 0 saturated heterocycles. The van der Waals surface area contributed by atoms with E-state index in [1.807, 2.05) is 0 Å². The lowest BCUT2D eigenvalue weighted by Gasteiger charge is -2.10. The van der Waals surface area contributed by atoms with Gasteiger partial charge in [-0.3, -0.25) is 9.59 Å². The molecule has 0 bridgehead atoms. The molecule has 1 unspecified atom stereocenters. The molecule has 0 aliphatic rings. The summed E-state index contributed by atoms with van der Waals surface area (Å²) in [5.74, 6) is -2.20. The maximum atomic E-state index is 11.9. The molecule has 1 aromatic carbocycles. The first-order chi connectivity index (χ1) is 9.88. The molecule has 7 nitrogen and oxygen atoms in total. The number of pyridine rings is 1. The molecule has 2 aromatic rings. The number of hydrogen-bond acceptors (Lipinski definition) is 4. The summed E-state index contributed by atoms with van der Waals surface area (Å²) in [6.07, 6.45) is 0. The molecule has 0 fully saturated rings. The highest BCUT2D eigenvalue weighted by molar-refractivity contribution is 5.98. The lowest BCUT2D eigenvalue weighted by atomic mass is 10.1. The van der Waals surface area contributed by atoms with Crippen molar-refractivity contribution in [3.8, 4) is 0 Å². The lowest BCUT2D eigenvalue weighted by Crippen LogP contribution is -2.42. The van der Waals surface area contributed by atoms with Gasteiger partial charge in [0.2, 0.25) is 5.91 Å². The molecule has 0 saturated carbocycles. The number of fused-ring (bicyclic) bond motifs is 1. The second kappa shape index (κ2) is 5.58. The van der Waals surface area contributed by atoms with Gasteiger partial charge in [-0.05, 0) is 31.2 Å². The van der Waals surface area contributed by atoms with Crippen LogP contribution >= 0.6 is 0 Å². The maximum absolute atomic E-state index is 11.9. The van der Waals surface area contributed by atoms with Crippen molar-refractivity contribution < 1.29 is 19.5 Å². The van der Waals surface area contributed by atoms with Crippen molar-refractivity contribution >= 4 is 28.7 Å². The van der Waals surface area contributed by atoms with Crippen molar-refractivity contribution in [2.45, 2.75) is 13.0 Å². The third-order valence-corrected chi connectivity index (χ3v) is 2.94. The number of primary amides is 1. The number of carbonyl (C=O) groups is 3.